The van der Waals surface area contributed by atoms with Crippen molar-refractivity contribution in [3.05, 3.63) is 64.2 Å². The second-order valence-electron chi connectivity index (χ2n) is 8.04. The SMILES string of the molecule is CCCN(C(=O)OCC)c1ccc(C(F)(F)F)cc1CNC(=O)OCc1cc(C(F)(F)F)cc(C(F)(F)F)c1. The van der Waals surface area contributed by atoms with Crippen molar-refractivity contribution in [2.75, 3.05) is 18.1 Å². The number of ether oxygens (including phenoxy) is 2. The highest BCUT2D eigenvalue weighted by atomic mass is 19.4. The summed E-state index contributed by atoms with van der Waals surface area (Å²) in [5.74, 6) is 0. The number of carbonyl (C=O) groups excluding carboxylic acids is 2. The fourth-order valence-electron chi connectivity index (χ4n) is 3.37. The van der Waals surface area contributed by atoms with Gasteiger partial charge in [-0.15, -0.1) is 0 Å². The molecule has 0 aliphatic heterocycles. The van der Waals surface area contributed by atoms with Gasteiger partial charge in [0, 0.05) is 13.1 Å². The summed E-state index contributed by atoms with van der Waals surface area (Å²) in [5, 5.41) is 2.09. The van der Waals surface area contributed by atoms with Crippen LogP contribution in [0.1, 0.15) is 48.1 Å². The molecule has 2 amide bonds. The number of alkyl halides is 9. The van der Waals surface area contributed by atoms with Crippen LogP contribution in [0.15, 0.2) is 36.4 Å². The van der Waals surface area contributed by atoms with Crippen molar-refractivity contribution in [1.29, 1.82) is 0 Å². The Hall–Kier alpha value is -3.65. The average Bonchev–Trinajstić information content (AvgIpc) is 2.83. The zero-order valence-corrected chi connectivity index (χ0v) is 20.5. The summed E-state index contributed by atoms with van der Waals surface area (Å²) < 4.78 is 128. The molecule has 0 aromatic heterocycles. The van der Waals surface area contributed by atoms with Crippen molar-refractivity contribution >= 4 is 17.9 Å². The topological polar surface area (TPSA) is 67.9 Å². The third-order valence-corrected chi connectivity index (χ3v) is 5.07. The van der Waals surface area contributed by atoms with Crippen molar-refractivity contribution in [2.45, 2.75) is 51.9 Å². The number of hydrogen-bond acceptors (Lipinski definition) is 4. The van der Waals surface area contributed by atoms with Gasteiger partial charge in [-0.05, 0) is 60.9 Å². The second kappa shape index (κ2) is 12.5. The fourth-order valence-corrected chi connectivity index (χ4v) is 3.37. The number of amides is 2. The Morgan fingerprint density at radius 2 is 1.36 bits per heavy atom. The molecule has 0 bridgehead atoms. The zero-order chi connectivity index (χ0) is 29.6. The molecule has 0 saturated heterocycles. The van der Waals surface area contributed by atoms with Gasteiger partial charge in [-0.25, -0.2) is 9.59 Å². The van der Waals surface area contributed by atoms with Gasteiger partial charge in [0.25, 0.3) is 0 Å². The van der Waals surface area contributed by atoms with Crippen molar-refractivity contribution < 1.29 is 58.6 Å². The van der Waals surface area contributed by atoms with E-state index in [1.165, 1.54) is 6.92 Å². The molecule has 0 heterocycles. The number of nitrogens with one attached hydrogen (secondary N) is 1. The van der Waals surface area contributed by atoms with E-state index in [0.29, 0.717) is 24.6 Å². The van der Waals surface area contributed by atoms with E-state index in [4.69, 9.17) is 9.47 Å². The van der Waals surface area contributed by atoms with Crippen molar-refractivity contribution in [3.63, 3.8) is 0 Å². The van der Waals surface area contributed by atoms with E-state index in [9.17, 15) is 49.1 Å². The highest BCUT2D eigenvalue weighted by Crippen LogP contribution is 2.37. The lowest BCUT2D eigenvalue weighted by molar-refractivity contribution is -0.143. The summed E-state index contributed by atoms with van der Waals surface area (Å²) in [6.07, 6.45) is -16.8. The number of carbonyl (C=O) groups is 2. The van der Waals surface area contributed by atoms with E-state index in [-0.39, 0.29) is 30.5 Å². The van der Waals surface area contributed by atoms with Crippen LogP contribution in [-0.4, -0.2) is 25.3 Å². The molecule has 0 saturated carbocycles. The first-order chi connectivity index (χ1) is 18.0. The first kappa shape index (κ1) is 31.6. The van der Waals surface area contributed by atoms with Gasteiger partial charge in [-0.2, -0.15) is 39.5 Å². The van der Waals surface area contributed by atoms with E-state index in [1.54, 1.807) is 6.92 Å². The largest absolute Gasteiger partial charge is 0.449 e. The van der Waals surface area contributed by atoms with E-state index < -0.39 is 66.1 Å². The first-order valence-electron chi connectivity index (χ1n) is 11.3. The van der Waals surface area contributed by atoms with Crippen molar-refractivity contribution in [1.82, 2.24) is 5.32 Å². The van der Waals surface area contributed by atoms with Crippen LogP contribution in [0.5, 0.6) is 0 Å². The number of alkyl carbamates (subject to hydrolysis) is 1. The lowest BCUT2D eigenvalue weighted by atomic mass is 10.1. The van der Waals surface area contributed by atoms with Crippen molar-refractivity contribution in [2.24, 2.45) is 0 Å². The van der Waals surface area contributed by atoms with Crippen LogP contribution < -0.4 is 10.2 Å². The fraction of sp³-hybridized carbons (Fsp3) is 0.417. The third-order valence-electron chi connectivity index (χ3n) is 5.07. The standard InChI is InChI=1S/C24H23F9N2O4/c1-3-7-35(21(37)38-4-2)19-6-5-16(22(25,26)27)10-15(19)12-34-20(36)39-13-14-8-17(23(28,29)30)11-18(9-14)24(31,32)33/h5-6,8-11H,3-4,7,12-13H2,1-2H3,(H,34,36). The Kier molecular flexibility index (Phi) is 10.1. The number of hydrogen-bond donors (Lipinski definition) is 1. The van der Waals surface area contributed by atoms with Gasteiger partial charge in [0.2, 0.25) is 0 Å². The number of halogens is 9. The Morgan fingerprint density at radius 1 is 0.795 bits per heavy atom. The molecule has 0 unspecified atom stereocenters. The molecule has 6 nitrogen and oxygen atoms in total. The highest BCUT2D eigenvalue weighted by molar-refractivity contribution is 5.88. The van der Waals surface area contributed by atoms with Gasteiger partial charge >= 0.3 is 30.7 Å². The van der Waals surface area contributed by atoms with E-state index in [1.807, 2.05) is 0 Å². The zero-order valence-electron chi connectivity index (χ0n) is 20.5. The molecule has 15 heteroatoms. The molecule has 0 aliphatic carbocycles. The maximum Gasteiger partial charge on any atom is 0.416 e. The molecule has 2 aromatic carbocycles. The van der Waals surface area contributed by atoms with E-state index in [2.05, 4.69) is 5.32 Å². The van der Waals surface area contributed by atoms with E-state index >= 15 is 0 Å². The summed E-state index contributed by atoms with van der Waals surface area (Å²) >= 11 is 0. The number of nitrogens with zero attached hydrogens (tertiary/aromatic N) is 1. The average molecular weight is 574 g/mol. The molecule has 2 rings (SSSR count). The molecule has 0 fully saturated rings. The van der Waals surface area contributed by atoms with Gasteiger partial charge in [-0.1, -0.05) is 6.92 Å². The minimum absolute atomic E-state index is 0.0173. The number of anilines is 1. The lowest BCUT2D eigenvalue weighted by Gasteiger charge is -2.25. The first-order valence-corrected chi connectivity index (χ1v) is 11.3. The second-order valence-corrected chi connectivity index (χ2v) is 8.04. The van der Waals surface area contributed by atoms with Crippen LogP contribution in [0.25, 0.3) is 0 Å². The Morgan fingerprint density at radius 3 is 1.85 bits per heavy atom. The Labute approximate surface area is 216 Å². The number of benzene rings is 2. The highest BCUT2D eigenvalue weighted by Gasteiger charge is 2.37. The Bertz CT molecular complexity index is 1130. The van der Waals surface area contributed by atoms with Crippen LogP contribution in [0.4, 0.5) is 54.8 Å². The predicted molar refractivity (Wildman–Crippen MR) is 120 cm³/mol. The quantitative estimate of drug-likeness (QED) is 0.331. The smallest absolute Gasteiger partial charge is 0.416 e. The lowest BCUT2D eigenvalue weighted by Crippen LogP contribution is -2.34. The summed E-state index contributed by atoms with van der Waals surface area (Å²) in [4.78, 5) is 25.6. The van der Waals surface area contributed by atoms with Gasteiger partial charge in [0.15, 0.2) is 0 Å². The summed E-state index contributed by atoms with van der Waals surface area (Å²) in [6.45, 7) is 1.62. The maximum absolute atomic E-state index is 13.3. The molecule has 0 aliphatic rings. The molecule has 216 valence electrons. The van der Waals surface area contributed by atoms with Gasteiger partial charge in [0.1, 0.15) is 6.61 Å². The van der Waals surface area contributed by atoms with Gasteiger partial charge in [0.05, 0.1) is 29.0 Å². The minimum Gasteiger partial charge on any atom is -0.449 e. The Balaban J connectivity index is 2.27. The van der Waals surface area contributed by atoms with Crippen LogP contribution in [0.3, 0.4) is 0 Å². The maximum atomic E-state index is 13.3. The molecule has 0 radical (unpaired) electrons. The van der Waals surface area contributed by atoms with Gasteiger partial charge in [-0.3, -0.25) is 4.90 Å². The molecular weight excluding hydrogens is 551 g/mol. The molecule has 0 atom stereocenters. The van der Waals surface area contributed by atoms with Crippen molar-refractivity contribution in [3.8, 4) is 0 Å². The van der Waals surface area contributed by atoms with Crippen LogP contribution in [0, 0.1) is 0 Å². The molecule has 39 heavy (non-hydrogen) atoms. The van der Waals surface area contributed by atoms with Gasteiger partial charge < -0.3 is 14.8 Å². The normalized spacial score (nSPS) is 12.2. The number of rotatable bonds is 8. The third kappa shape index (κ3) is 8.96. The summed E-state index contributed by atoms with van der Waals surface area (Å²) in [6, 6.07) is 3.07. The van der Waals surface area contributed by atoms with Crippen LogP contribution in [0.2, 0.25) is 0 Å². The molecule has 2 aromatic rings. The molecule has 0 spiro atoms. The molecule has 1 N–H and O–H groups in total. The minimum atomic E-state index is -5.11. The van der Waals surface area contributed by atoms with Crippen LogP contribution in [-0.2, 0) is 41.2 Å². The summed E-state index contributed by atoms with van der Waals surface area (Å²) in [5.41, 5.74) is -5.14. The van der Waals surface area contributed by atoms with Crippen LogP contribution >= 0.6 is 0 Å². The monoisotopic (exact) mass is 574 g/mol. The predicted octanol–water partition coefficient (Wildman–Crippen LogP) is 7.54. The summed E-state index contributed by atoms with van der Waals surface area (Å²) in [7, 11) is 0. The molecular formula is C24H23F9N2O4. The van der Waals surface area contributed by atoms with E-state index in [0.717, 1.165) is 17.0 Å².